The minimum Gasteiger partial charge on any atom is -0.507 e. The van der Waals surface area contributed by atoms with Gasteiger partial charge in [-0.1, -0.05) is 110 Å². The standard InChI is InChI=1S/C20H31N.C12H6Cl4O2S/c1-14(2)15-6-8-17-16(12-15)7-9-18-19(3,13-21)10-5-11-20(17,18)4;13-5-1-9(17)11(3-7(5)15)19-12-4-8(16)6(14)2-10(12)18/h6,8,12,14,18H,5,7,9-11,13,21H2,1-4H3;1-4,17-18H. The van der Waals surface area contributed by atoms with Crippen molar-refractivity contribution >= 4 is 58.2 Å². The molecule has 0 aliphatic heterocycles. The third-order valence-corrected chi connectivity index (χ3v) is 11.4. The van der Waals surface area contributed by atoms with E-state index in [1.807, 2.05) is 0 Å². The lowest BCUT2D eigenvalue weighted by Gasteiger charge is -2.55. The summed E-state index contributed by atoms with van der Waals surface area (Å²) in [6.45, 7) is 10.4. The molecule has 0 spiro atoms. The predicted octanol–water partition coefficient (Wildman–Crippen LogP) is 10.6. The van der Waals surface area contributed by atoms with Crippen molar-refractivity contribution in [3.05, 3.63) is 79.2 Å². The highest BCUT2D eigenvalue weighted by Gasteiger charge is 2.51. The van der Waals surface area contributed by atoms with Gasteiger partial charge < -0.3 is 15.9 Å². The van der Waals surface area contributed by atoms with E-state index in [1.165, 1.54) is 61.9 Å². The fraction of sp³-hybridized carbons (Fsp3) is 0.438. The second-order valence-corrected chi connectivity index (χ2v) is 14.6. The van der Waals surface area contributed by atoms with Gasteiger partial charge in [-0.05, 0) is 83.7 Å². The number of nitrogens with two attached hydrogens (primary N) is 1. The highest BCUT2D eigenvalue weighted by atomic mass is 35.5. The summed E-state index contributed by atoms with van der Waals surface area (Å²) in [7, 11) is 0. The third kappa shape index (κ3) is 6.38. The molecule has 3 nitrogen and oxygen atoms in total. The van der Waals surface area contributed by atoms with Gasteiger partial charge in [0.2, 0.25) is 0 Å². The van der Waals surface area contributed by atoms with Crippen LogP contribution in [0.25, 0.3) is 0 Å². The zero-order valence-corrected chi connectivity index (χ0v) is 27.2. The molecule has 1 saturated carbocycles. The summed E-state index contributed by atoms with van der Waals surface area (Å²) in [5.74, 6) is 1.30. The van der Waals surface area contributed by atoms with Crippen LogP contribution in [0.2, 0.25) is 20.1 Å². The van der Waals surface area contributed by atoms with Gasteiger partial charge in [0.05, 0.1) is 29.9 Å². The van der Waals surface area contributed by atoms with Crippen molar-refractivity contribution in [1.29, 1.82) is 0 Å². The lowest BCUT2D eigenvalue weighted by molar-refractivity contribution is 0.0326. The van der Waals surface area contributed by atoms with Crippen LogP contribution in [0.15, 0.2) is 52.3 Å². The number of halogens is 4. The molecule has 8 heteroatoms. The number of aromatic hydroxyl groups is 2. The molecule has 3 unspecified atom stereocenters. The summed E-state index contributed by atoms with van der Waals surface area (Å²) in [6, 6.07) is 13.0. The number of hydrogen-bond acceptors (Lipinski definition) is 4. The fourth-order valence-corrected chi connectivity index (χ4v) is 8.26. The van der Waals surface area contributed by atoms with E-state index >= 15 is 0 Å². The summed E-state index contributed by atoms with van der Waals surface area (Å²) >= 11 is 24.4. The topological polar surface area (TPSA) is 66.5 Å². The first kappa shape index (κ1) is 31.7. The Morgan fingerprint density at radius 3 is 1.95 bits per heavy atom. The van der Waals surface area contributed by atoms with Crippen LogP contribution in [-0.4, -0.2) is 16.8 Å². The van der Waals surface area contributed by atoms with Crippen LogP contribution < -0.4 is 5.73 Å². The highest BCUT2D eigenvalue weighted by molar-refractivity contribution is 7.99. The molecule has 4 N–H and O–H groups in total. The molecule has 2 aliphatic carbocycles. The number of aryl methyl sites for hydroxylation is 1. The van der Waals surface area contributed by atoms with Crippen molar-refractivity contribution in [3.63, 3.8) is 0 Å². The first-order chi connectivity index (χ1) is 18.8. The van der Waals surface area contributed by atoms with Gasteiger partial charge in [-0.15, -0.1) is 0 Å². The second kappa shape index (κ2) is 12.5. The van der Waals surface area contributed by atoms with Crippen LogP contribution in [0.3, 0.4) is 0 Å². The maximum absolute atomic E-state index is 9.79. The summed E-state index contributed by atoms with van der Waals surface area (Å²) < 4.78 is 0. The smallest absolute Gasteiger partial charge is 0.131 e. The maximum Gasteiger partial charge on any atom is 0.131 e. The van der Waals surface area contributed by atoms with Gasteiger partial charge in [-0.25, -0.2) is 0 Å². The quantitative estimate of drug-likeness (QED) is 0.265. The van der Waals surface area contributed by atoms with Crippen LogP contribution >= 0.6 is 58.2 Å². The Hall–Kier alpha value is -1.27. The van der Waals surface area contributed by atoms with Crippen molar-refractivity contribution in [1.82, 2.24) is 0 Å². The molecule has 0 heterocycles. The largest absolute Gasteiger partial charge is 0.507 e. The van der Waals surface area contributed by atoms with E-state index in [4.69, 9.17) is 52.1 Å². The van der Waals surface area contributed by atoms with E-state index in [1.54, 1.807) is 11.1 Å². The van der Waals surface area contributed by atoms with Crippen molar-refractivity contribution in [2.24, 2.45) is 17.1 Å². The van der Waals surface area contributed by atoms with Gasteiger partial charge in [-0.2, -0.15) is 0 Å². The second-order valence-electron chi connectivity index (χ2n) is 11.9. The van der Waals surface area contributed by atoms with Crippen LogP contribution in [0.1, 0.15) is 76.0 Å². The van der Waals surface area contributed by atoms with Gasteiger partial charge in [-0.3, -0.25) is 0 Å². The number of benzene rings is 3. The number of phenolic OH excluding ortho intramolecular Hbond substituents is 2. The highest BCUT2D eigenvalue weighted by Crippen LogP contribution is 2.57. The lowest BCUT2D eigenvalue weighted by Crippen LogP contribution is -2.51. The minimum absolute atomic E-state index is 0.0372. The molecular formula is C32H37Cl4NO2S. The Morgan fingerprint density at radius 2 is 1.43 bits per heavy atom. The Kier molecular flexibility index (Phi) is 9.92. The lowest BCUT2D eigenvalue weighted by atomic mass is 9.50. The average Bonchev–Trinajstić information content (AvgIpc) is 2.90. The summed E-state index contributed by atoms with van der Waals surface area (Å²) in [6.07, 6.45) is 6.53. The van der Waals surface area contributed by atoms with Crippen LogP contribution in [-0.2, 0) is 11.8 Å². The fourth-order valence-electron chi connectivity index (χ4n) is 6.57. The third-order valence-electron chi connectivity index (χ3n) is 8.86. The Morgan fingerprint density at radius 1 is 0.875 bits per heavy atom. The van der Waals surface area contributed by atoms with E-state index in [2.05, 4.69) is 45.9 Å². The predicted molar refractivity (Wildman–Crippen MR) is 171 cm³/mol. The monoisotopic (exact) mass is 639 g/mol. The molecule has 0 amide bonds. The first-order valence-corrected chi connectivity index (χ1v) is 16.0. The van der Waals surface area contributed by atoms with Gasteiger partial charge in [0.15, 0.2) is 0 Å². The van der Waals surface area contributed by atoms with Gasteiger partial charge in [0, 0.05) is 12.1 Å². The van der Waals surface area contributed by atoms with E-state index in [9.17, 15) is 10.2 Å². The van der Waals surface area contributed by atoms with Gasteiger partial charge >= 0.3 is 0 Å². The molecule has 0 bridgehead atoms. The molecule has 3 aromatic carbocycles. The SMILES string of the molecule is CC(C)c1ccc2c(c1)CCC1C(C)(CN)CCCC21C.Oc1cc(Cl)c(Cl)cc1Sc1cc(Cl)c(Cl)cc1O. The van der Waals surface area contributed by atoms with Gasteiger partial charge in [0.25, 0.3) is 0 Å². The van der Waals surface area contributed by atoms with Crippen molar-refractivity contribution < 1.29 is 10.2 Å². The van der Waals surface area contributed by atoms with Crippen molar-refractivity contribution in [3.8, 4) is 11.5 Å². The van der Waals surface area contributed by atoms with Crippen LogP contribution in [0, 0.1) is 11.3 Å². The molecule has 0 radical (unpaired) electrons. The Labute approximate surface area is 262 Å². The summed E-state index contributed by atoms with van der Waals surface area (Å²) in [5, 5.41) is 20.7. The molecule has 3 aromatic rings. The molecule has 5 rings (SSSR count). The molecular weight excluding hydrogens is 604 g/mol. The van der Waals surface area contributed by atoms with E-state index in [0.717, 1.165) is 24.2 Å². The zero-order valence-electron chi connectivity index (χ0n) is 23.3. The summed E-state index contributed by atoms with van der Waals surface area (Å²) in [5.41, 5.74) is 11.6. The van der Waals surface area contributed by atoms with E-state index in [-0.39, 0.29) is 21.5 Å². The van der Waals surface area contributed by atoms with E-state index in [0.29, 0.717) is 36.6 Å². The Balaban J connectivity index is 0.000000186. The average molecular weight is 642 g/mol. The molecule has 2 aliphatic rings. The molecule has 216 valence electrons. The number of fused-ring (bicyclic) bond motifs is 3. The zero-order chi connectivity index (χ0) is 29.4. The molecule has 1 fully saturated rings. The van der Waals surface area contributed by atoms with Crippen LogP contribution in [0.5, 0.6) is 11.5 Å². The molecule has 3 atom stereocenters. The summed E-state index contributed by atoms with van der Waals surface area (Å²) in [4.78, 5) is 0.895. The van der Waals surface area contributed by atoms with E-state index < -0.39 is 0 Å². The van der Waals surface area contributed by atoms with Crippen molar-refractivity contribution in [2.45, 2.75) is 80.9 Å². The minimum atomic E-state index is -0.0372. The first-order valence-electron chi connectivity index (χ1n) is 13.7. The van der Waals surface area contributed by atoms with Gasteiger partial charge in [0.1, 0.15) is 11.5 Å². The molecule has 0 saturated heterocycles. The maximum atomic E-state index is 9.79. The van der Waals surface area contributed by atoms with Crippen LogP contribution in [0.4, 0.5) is 0 Å². The number of rotatable bonds is 4. The molecule has 40 heavy (non-hydrogen) atoms. The number of phenols is 2. The number of hydrogen-bond donors (Lipinski definition) is 3. The Bertz CT molecular complexity index is 1340. The molecule has 0 aromatic heterocycles. The van der Waals surface area contributed by atoms with Crippen molar-refractivity contribution in [2.75, 3.05) is 6.54 Å². The normalized spacial score (nSPS) is 23.7.